The van der Waals surface area contributed by atoms with Gasteiger partial charge in [0.15, 0.2) is 17.3 Å². The molecule has 2 amide bonds. The Kier molecular flexibility index (Phi) is 5.87. The third-order valence-electron chi connectivity index (χ3n) is 6.36. The van der Waals surface area contributed by atoms with Crippen molar-refractivity contribution in [3.8, 4) is 17.0 Å². The summed E-state index contributed by atoms with van der Waals surface area (Å²) in [5.41, 5.74) is 2.50. The van der Waals surface area contributed by atoms with Crippen molar-refractivity contribution in [1.82, 2.24) is 20.5 Å². The van der Waals surface area contributed by atoms with Crippen LogP contribution in [-0.4, -0.2) is 65.4 Å². The van der Waals surface area contributed by atoms with Gasteiger partial charge >= 0.3 is 0 Å². The number of aliphatic hydroxyl groups excluding tert-OH is 1. The molecular weight excluding hydrogens is 474 g/mol. The molecule has 1 aliphatic heterocycles. The molecule has 0 radical (unpaired) electrons. The molecule has 37 heavy (non-hydrogen) atoms. The number of hydrogen-bond donors (Lipinski definition) is 4. The second-order valence-corrected chi connectivity index (χ2v) is 9.01. The van der Waals surface area contributed by atoms with Gasteiger partial charge in [-0.25, -0.2) is 0 Å². The first-order valence-electron chi connectivity index (χ1n) is 13.5. The number of anilines is 4. The van der Waals surface area contributed by atoms with Gasteiger partial charge in [0.1, 0.15) is 0 Å². The maximum absolute atomic E-state index is 12.8. The van der Waals surface area contributed by atoms with Gasteiger partial charge in [-0.1, -0.05) is 6.07 Å². The highest BCUT2D eigenvalue weighted by Crippen LogP contribution is 2.38. The predicted octanol–water partition coefficient (Wildman–Crippen LogP) is 2.57. The maximum Gasteiger partial charge on any atom is 0.273 e. The van der Waals surface area contributed by atoms with Gasteiger partial charge in [-0.05, 0) is 43.5 Å². The van der Waals surface area contributed by atoms with Gasteiger partial charge < -0.3 is 30.7 Å². The summed E-state index contributed by atoms with van der Waals surface area (Å²) in [6.07, 6.45) is 3.70. The Balaban J connectivity index is 1.46. The minimum atomic E-state index is -2.74. The molecule has 4 N–H and O–H groups in total. The van der Waals surface area contributed by atoms with E-state index in [1.165, 1.54) is 13.2 Å². The second-order valence-electron chi connectivity index (χ2n) is 9.01. The number of methoxy groups -OCH3 is 1. The third-order valence-corrected chi connectivity index (χ3v) is 6.36. The van der Waals surface area contributed by atoms with E-state index in [0.717, 1.165) is 25.1 Å². The Morgan fingerprint density at radius 2 is 2.03 bits per heavy atom. The molecule has 0 spiro atoms. The molecule has 2 fully saturated rings. The standard InChI is InChI=1S/C26H29N7O4/c1-27-26(36)23-21(12-22(31-32-23)30-25(35)15-6-7-15)29-20-5-3-4-18(24(20)37-2)19-9-8-16(13-28-19)33-11-10-17(34)14-33/h3-5,8-9,12-13,15,17,34H,6-7,10-11,14H2,1-2H3,(H,27,36)(H2,29,30,31,35)/i1D3. The molecular formula is C26H29N7O4. The predicted molar refractivity (Wildman–Crippen MR) is 139 cm³/mol. The van der Waals surface area contributed by atoms with Crippen LogP contribution in [-0.2, 0) is 4.79 Å². The summed E-state index contributed by atoms with van der Waals surface area (Å²) in [5.74, 6) is -0.707. The topological polar surface area (TPSA) is 142 Å². The molecule has 0 bridgehead atoms. The zero-order valence-corrected chi connectivity index (χ0v) is 20.2. The molecule has 5 rings (SSSR count). The molecule has 11 heteroatoms. The highest BCUT2D eigenvalue weighted by atomic mass is 16.5. The van der Waals surface area contributed by atoms with Crippen LogP contribution in [0.2, 0.25) is 0 Å². The van der Waals surface area contributed by atoms with Gasteiger partial charge in [0, 0.05) is 41.7 Å². The van der Waals surface area contributed by atoms with E-state index < -0.39 is 12.9 Å². The molecule has 2 aromatic heterocycles. The summed E-state index contributed by atoms with van der Waals surface area (Å²) in [5, 5.41) is 25.4. The highest BCUT2D eigenvalue weighted by Gasteiger charge is 2.30. The Morgan fingerprint density at radius 1 is 1.16 bits per heavy atom. The number of nitrogens with one attached hydrogen (secondary N) is 3. The Hall–Kier alpha value is -4.25. The summed E-state index contributed by atoms with van der Waals surface area (Å²) in [6, 6.07) is 10.5. The second kappa shape index (κ2) is 10.4. The van der Waals surface area contributed by atoms with Crippen molar-refractivity contribution in [3.05, 3.63) is 48.3 Å². The van der Waals surface area contributed by atoms with Crippen LogP contribution in [0.25, 0.3) is 11.3 Å². The molecule has 1 aliphatic carbocycles. The van der Waals surface area contributed by atoms with E-state index in [0.29, 0.717) is 35.7 Å². The first-order valence-corrected chi connectivity index (χ1v) is 12.0. The number of β-amino-alcohol motifs (C(OH)–C–C–N with tert-alkyl or cyclic N) is 1. The van der Waals surface area contributed by atoms with Gasteiger partial charge in [-0.2, -0.15) is 0 Å². The zero-order chi connectivity index (χ0) is 28.4. The van der Waals surface area contributed by atoms with Crippen LogP contribution in [0, 0.1) is 5.92 Å². The van der Waals surface area contributed by atoms with Gasteiger partial charge in [-0.3, -0.25) is 14.6 Å². The number of aliphatic hydroxyl groups is 1. The van der Waals surface area contributed by atoms with Gasteiger partial charge in [0.25, 0.3) is 5.91 Å². The largest absolute Gasteiger partial charge is 0.494 e. The number of pyridine rings is 1. The maximum atomic E-state index is 12.8. The van der Waals surface area contributed by atoms with Crippen LogP contribution in [0.15, 0.2) is 42.6 Å². The number of carbonyl (C=O) groups is 2. The average molecular weight is 507 g/mol. The molecule has 1 saturated heterocycles. The van der Waals surface area contributed by atoms with Crippen molar-refractivity contribution >= 4 is 34.7 Å². The van der Waals surface area contributed by atoms with Gasteiger partial charge in [0.05, 0.1) is 42.2 Å². The van der Waals surface area contributed by atoms with E-state index in [9.17, 15) is 14.7 Å². The van der Waals surface area contributed by atoms with E-state index in [2.05, 4.69) is 30.7 Å². The number of carbonyl (C=O) groups excluding carboxylic acids is 2. The number of amides is 2. The number of hydrogen-bond acceptors (Lipinski definition) is 9. The van der Waals surface area contributed by atoms with Crippen molar-refractivity contribution < 1.29 is 23.5 Å². The molecule has 1 aromatic carbocycles. The number of nitrogens with zero attached hydrogens (tertiary/aromatic N) is 4. The van der Waals surface area contributed by atoms with Crippen molar-refractivity contribution in [2.24, 2.45) is 5.92 Å². The molecule has 3 aromatic rings. The first-order chi connectivity index (χ1) is 19.1. The number of benzene rings is 1. The molecule has 1 saturated carbocycles. The average Bonchev–Trinajstić information content (AvgIpc) is 3.68. The molecule has 3 heterocycles. The number of aromatic nitrogens is 3. The van der Waals surface area contributed by atoms with Crippen LogP contribution in [0.5, 0.6) is 5.75 Å². The third kappa shape index (κ3) is 5.31. The summed E-state index contributed by atoms with van der Waals surface area (Å²) in [7, 11) is 1.50. The van der Waals surface area contributed by atoms with E-state index in [1.807, 2.05) is 23.5 Å². The van der Waals surface area contributed by atoms with Crippen LogP contribution in [0.3, 0.4) is 0 Å². The molecule has 11 nitrogen and oxygen atoms in total. The fraction of sp³-hybridized carbons (Fsp3) is 0.346. The smallest absolute Gasteiger partial charge is 0.273 e. The van der Waals surface area contributed by atoms with E-state index in [-0.39, 0.29) is 35.1 Å². The van der Waals surface area contributed by atoms with Crippen LogP contribution in [0.1, 0.15) is 33.9 Å². The Bertz CT molecular complexity index is 1410. The quantitative estimate of drug-likeness (QED) is 0.363. The fourth-order valence-corrected chi connectivity index (χ4v) is 4.26. The SMILES string of the molecule is [2H]C([2H])([2H])NC(=O)c1nnc(NC(=O)C2CC2)cc1Nc1cccc(-c2ccc(N3CCC(O)C3)cn2)c1OC. The lowest BCUT2D eigenvalue weighted by molar-refractivity contribution is -0.117. The summed E-state index contributed by atoms with van der Waals surface area (Å²) in [6.45, 7) is -1.42. The highest BCUT2D eigenvalue weighted by molar-refractivity contribution is 6.00. The van der Waals surface area contributed by atoms with Gasteiger partial charge in [0.2, 0.25) is 5.91 Å². The Labute approximate surface area is 218 Å². The summed E-state index contributed by atoms with van der Waals surface area (Å²) < 4.78 is 27.9. The fourth-order valence-electron chi connectivity index (χ4n) is 4.26. The van der Waals surface area contributed by atoms with Crippen molar-refractivity contribution in [1.29, 1.82) is 0 Å². The zero-order valence-electron chi connectivity index (χ0n) is 23.2. The van der Waals surface area contributed by atoms with Crippen LogP contribution >= 0.6 is 0 Å². The Morgan fingerprint density at radius 3 is 2.70 bits per heavy atom. The van der Waals surface area contributed by atoms with Crippen molar-refractivity contribution in [3.63, 3.8) is 0 Å². The first kappa shape index (κ1) is 20.9. The van der Waals surface area contributed by atoms with Crippen LogP contribution < -0.4 is 25.6 Å². The molecule has 192 valence electrons. The van der Waals surface area contributed by atoms with Crippen LogP contribution in [0.4, 0.5) is 22.9 Å². The van der Waals surface area contributed by atoms with Gasteiger partial charge in [-0.15, -0.1) is 10.2 Å². The number of ether oxygens (including phenoxy) is 1. The minimum absolute atomic E-state index is 0.0806. The normalized spacial score (nSPS) is 18.4. The molecule has 1 atom stereocenters. The molecule has 1 unspecified atom stereocenters. The monoisotopic (exact) mass is 506 g/mol. The number of rotatable bonds is 8. The van der Waals surface area contributed by atoms with Crippen molar-refractivity contribution in [2.75, 3.05) is 42.7 Å². The lowest BCUT2D eigenvalue weighted by atomic mass is 10.1. The lowest BCUT2D eigenvalue weighted by Gasteiger charge is -2.19. The lowest BCUT2D eigenvalue weighted by Crippen LogP contribution is -2.22. The van der Waals surface area contributed by atoms with E-state index in [4.69, 9.17) is 8.85 Å². The molecule has 2 aliphatic rings. The minimum Gasteiger partial charge on any atom is -0.494 e. The number of para-hydroxylation sites is 1. The van der Waals surface area contributed by atoms with Crippen molar-refractivity contribution in [2.45, 2.75) is 25.4 Å². The van der Waals surface area contributed by atoms with E-state index >= 15 is 0 Å². The van der Waals surface area contributed by atoms with E-state index in [1.54, 1.807) is 18.3 Å². The summed E-state index contributed by atoms with van der Waals surface area (Å²) in [4.78, 5) is 31.7. The summed E-state index contributed by atoms with van der Waals surface area (Å²) >= 11 is 0.